The molecular formula is C14H19N3O3. The molecule has 0 unspecified atom stereocenters. The van der Waals surface area contributed by atoms with Crippen molar-refractivity contribution in [1.29, 1.82) is 0 Å². The largest absolute Gasteiger partial charge is 0.498 e. The lowest BCUT2D eigenvalue weighted by molar-refractivity contribution is -0.385. The minimum Gasteiger partial charge on any atom is -0.498 e. The molecule has 0 aromatic carbocycles. The monoisotopic (exact) mass is 277 g/mol. The van der Waals surface area contributed by atoms with Crippen LogP contribution in [0.1, 0.15) is 19.4 Å². The summed E-state index contributed by atoms with van der Waals surface area (Å²) in [4.78, 5) is 16.8. The summed E-state index contributed by atoms with van der Waals surface area (Å²) in [5.41, 5.74) is 0.805. The number of pyridine rings is 1. The predicted molar refractivity (Wildman–Crippen MR) is 76.7 cm³/mol. The molecule has 2 heterocycles. The predicted octanol–water partition coefficient (Wildman–Crippen LogP) is 2.54. The standard InChI is InChI=1S/C14H19N3O3/c1-4-11-6-14(15-7-13(11)17(18)19)16-8-12(9-16)10(3)20-5-2/h6-7,12H,3-5,8-9H2,1-2H3. The molecule has 0 saturated carbocycles. The van der Waals surface area contributed by atoms with Gasteiger partial charge in [-0.3, -0.25) is 10.1 Å². The number of ether oxygens (including phenoxy) is 1. The van der Waals surface area contributed by atoms with E-state index in [-0.39, 0.29) is 10.6 Å². The van der Waals surface area contributed by atoms with Gasteiger partial charge in [0.2, 0.25) is 0 Å². The number of nitro groups is 1. The summed E-state index contributed by atoms with van der Waals surface area (Å²) < 4.78 is 5.39. The first-order valence-corrected chi connectivity index (χ1v) is 6.76. The van der Waals surface area contributed by atoms with Crippen LogP contribution in [0.25, 0.3) is 0 Å². The molecule has 1 aliphatic heterocycles. The second-order valence-electron chi connectivity index (χ2n) is 4.78. The maximum absolute atomic E-state index is 10.9. The van der Waals surface area contributed by atoms with Crippen LogP contribution in [-0.4, -0.2) is 29.6 Å². The van der Waals surface area contributed by atoms with Crippen molar-refractivity contribution in [2.75, 3.05) is 24.6 Å². The van der Waals surface area contributed by atoms with Crippen LogP contribution in [0.4, 0.5) is 11.5 Å². The highest BCUT2D eigenvalue weighted by molar-refractivity contribution is 5.51. The van der Waals surface area contributed by atoms with Gasteiger partial charge in [0.15, 0.2) is 0 Å². The molecule has 20 heavy (non-hydrogen) atoms. The molecule has 6 nitrogen and oxygen atoms in total. The average Bonchev–Trinajstić information content (AvgIpc) is 2.36. The van der Waals surface area contributed by atoms with Crippen molar-refractivity contribution in [3.63, 3.8) is 0 Å². The van der Waals surface area contributed by atoms with Gasteiger partial charge < -0.3 is 9.64 Å². The van der Waals surface area contributed by atoms with Gasteiger partial charge in [0.25, 0.3) is 5.69 Å². The maximum Gasteiger partial charge on any atom is 0.290 e. The number of hydrogen-bond donors (Lipinski definition) is 0. The third kappa shape index (κ3) is 2.74. The van der Waals surface area contributed by atoms with E-state index in [4.69, 9.17) is 4.74 Å². The fourth-order valence-corrected chi connectivity index (χ4v) is 2.27. The number of nitrogens with zero attached hydrogens (tertiary/aromatic N) is 3. The lowest BCUT2D eigenvalue weighted by atomic mass is 9.98. The Morgan fingerprint density at radius 3 is 2.85 bits per heavy atom. The highest BCUT2D eigenvalue weighted by Crippen LogP contribution is 2.30. The van der Waals surface area contributed by atoms with Gasteiger partial charge in [-0.25, -0.2) is 4.98 Å². The highest BCUT2D eigenvalue weighted by atomic mass is 16.6. The van der Waals surface area contributed by atoms with E-state index >= 15 is 0 Å². The van der Waals surface area contributed by atoms with Gasteiger partial charge in [-0.05, 0) is 19.4 Å². The quantitative estimate of drug-likeness (QED) is 0.454. The smallest absolute Gasteiger partial charge is 0.290 e. The van der Waals surface area contributed by atoms with Gasteiger partial charge in [0.05, 0.1) is 23.2 Å². The third-order valence-corrected chi connectivity index (χ3v) is 3.52. The van der Waals surface area contributed by atoms with E-state index in [1.54, 1.807) is 6.07 Å². The van der Waals surface area contributed by atoms with Crippen LogP contribution < -0.4 is 4.90 Å². The van der Waals surface area contributed by atoms with E-state index in [2.05, 4.69) is 16.5 Å². The van der Waals surface area contributed by atoms with Crippen molar-refractivity contribution in [3.05, 3.63) is 40.3 Å². The summed E-state index contributed by atoms with van der Waals surface area (Å²) in [6, 6.07) is 1.80. The van der Waals surface area contributed by atoms with Crippen LogP contribution in [0.2, 0.25) is 0 Å². The molecule has 1 fully saturated rings. The molecule has 1 aliphatic rings. The summed E-state index contributed by atoms with van der Waals surface area (Å²) >= 11 is 0. The Labute approximate surface area is 118 Å². The topological polar surface area (TPSA) is 68.5 Å². The molecule has 6 heteroatoms. The molecule has 0 amide bonds. The van der Waals surface area contributed by atoms with Crippen molar-refractivity contribution in [3.8, 4) is 0 Å². The zero-order chi connectivity index (χ0) is 14.7. The lowest BCUT2D eigenvalue weighted by Gasteiger charge is -2.40. The van der Waals surface area contributed by atoms with E-state index < -0.39 is 0 Å². The summed E-state index contributed by atoms with van der Waals surface area (Å²) in [5, 5.41) is 10.9. The van der Waals surface area contributed by atoms with Crippen LogP contribution in [0.15, 0.2) is 24.6 Å². The van der Waals surface area contributed by atoms with Crippen molar-refractivity contribution in [2.24, 2.45) is 5.92 Å². The second-order valence-corrected chi connectivity index (χ2v) is 4.78. The molecule has 0 radical (unpaired) electrons. The average molecular weight is 277 g/mol. The zero-order valence-electron chi connectivity index (χ0n) is 11.8. The lowest BCUT2D eigenvalue weighted by Crippen LogP contribution is -2.48. The first-order valence-electron chi connectivity index (χ1n) is 6.76. The molecule has 0 bridgehead atoms. The van der Waals surface area contributed by atoms with Gasteiger partial charge in [0.1, 0.15) is 12.0 Å². The molecule has 2 rings (SSSR count). The molecule has 0 aliphatic carbocycles. The first kappa shape index (κ1) is 14.3. The Bertz CT molecular complexity index is 524. The summed E-state index contributed by atoms with van der Waals surface area (Å²) in [7, 11) is 0. The second kappa shape index (κ2) is 5.90. The summed E-state index contributed by atoms with van der Waals surface area (Å²) in [6.07, 6.45) is 1.97. The van der Waals surface area contributed by atoms with E-state index in [1.807, 2.05) is 13.8 Å². The van der Waals surface area contributed by atoms with E-state index in [0.29, 0.717) is 24.5 Å². The SMILES string of the molecule is C=C(OCC)C1CN(c2cc(CC)c([N+](=O)[O-])cn2)C1. The zero-order valence-corrected chi connectivity index (χ0v) is 11.8. The van der Waals surface area contributed by atoms with Crippen LogP contribution in [0, 0.1) is 16.0 Å². The minimum absolute atomic E-state index is 0.0899. The van der Waals surface area contributed by atoms with Gasteiger partial charge in [-0.15, -0.1) is 0 Å². The van der Waals surface area contributed by atoms with Crippen LogP contribution in [0.3, 0.4) is 0 Å². The Morgan fingerprint density at radius 1 is 1.60 bits per heavy atom. The molecule has 1 aromatic rings. The van der Waals surface area contributed by atoms with Crippen LogP contribution >= 0.6 is 0 Å². The number of anilines is 1. The minimum atomic E-state index is -0.383. The Kier molecular flexibility index (Phi) is 4.22. The number of aryl methyl sites for hydroxylation is 1. The van der Waals surface area contributed by atoms with Crippen molar-refractivity contribution < 1.29 is 9.66 Å². The summed E-state index contributed by atoms with van der Waals surface area (Å²) in [6.45, 7) is 9.98. The molecule has 0 spiro atoms. The third-order valence-electron chi connectivity index (χ3n) is 3.52. The van der Waals surface area contributed by atoms with Gasteiger partial charge in [-0.1, -0.05) is 13.5 Å². The van der Waals surface area contributed by atoms with Crippen LogP contribution in [0.5, 0.6) is 0 Å². The maximum atomic E-state index is 10.9. The fourth-order valence-electron chi connectivity index (χ4n) is 2.27. The number of hydrogen-bond acceptors (Lipinski definition) is 5. The fraction of sp³-hybridized carbons (Fsp3) is 0.500. The van der Waals surface area contributed by atoms with E-state index in [9.17, 15) is 10.1 Å². The normalized spacial score (nSPS) is 14.8. The number of aromatic nitrogens is 1. The van der Waals surface area contributed by atoms with Crippen molar-refractivity contribution >= 4 is 11.5 Å². The first-order chi connectivity index (χ1) is 9.56. The molecule has 0 N–H and O–H groups in total. The Balaban J connectivity index is 2.05. The molecular weight excluding hydrogens is 258 g/mol. The van der Waals surface area contributed by atoms with Gasteiger partial charge in [0, 0.05) is 18.7 Å². The molecule has 0 atom stereocenters. The van der Waals surface area contributed by atoms with Gasteiger partial charge >= 0.3 is 0 Å². The highest BCUT2D eigenvalue weighted by Gasteiger charge is 2.31. The van der Waals surface area contributed by atoms with Gasteiger partial charge in [-0.2, -0.15) is 0 Å². The van der Waals surface area contributed by atoms with E-state index in [0.717, 1.165) is 24.7 Å². The van der Waals surface area contributed by atoms with E-state index in [1.165, 1.54) is 6.20 Å². The number of rotatable bonds is 6. The van der Waals surface area contributed by atoms with Crippen molar-refractivity contribution in [2.45, 2.75) is 20.3 Å². The molecule has 1 saturated heterocycles. The molecule has 108 valence electrons. The molecule has 1 aromatic heterocycles. The van der Waals surface area contributed by atoms with Crippen molar-refractivity contribution in [1.82, 2.24) is 4.98 Å². The summed E-state index contributed by atoms with van der Waals surface area (Å²) in [5.74, 6) is 1.91. The Hall–Kier alpha value is -2.11. The Morgan fingerprint density at radius 2 is 2.30 bits per heavy atom. The van der Waals surface area contributed by atoms with Crippen LogP contribution in [-0.2, 0) is 11.2 Å².